The molecule has 0 unspecified atom stereocenters. The van der Waals surface area contributed by atoms with E-state index in [1.54, 1.807) is 0 Å². The summed E-state index contributed by atoms with van der Waals surface area (Å²) in [7, 11) is 0. The summed E-state index contributed by atoms with van der Waals surface area (Å²) in [5.74, 6) is 0. The fourth-order valence-corrected chi connectivity index (χ4v) is 10.2. The van der Waals surface area contributed by atoms with E-state index in [0.717, 1.165) is 17.1 Å². The van der Waals surface area contributed by atoms with Gasteiger partial charge in [-0.1, -0.05) is 173 Å². The summed E-state index contributed by atoms with van der Waals surface area (Å²) >= 11 is 1.87. The van der Waals surface area contributed by atoms with E-state index in [4.69, 9.17) is 0 Å². The van der Waals surface area contributed by atoms with Crippen molar-refractivity contribution < 1.29 is 0 Å². The van der Waals surface area contributed by atoms with Gasteiger partial charge in [0.05, 0.1) is 22.2 Å². The number of aromatic nitrogens is 1. The van der Waals surface area contributed by atoms with Gasteiger partial charge in [-0.2, -0.15) is 0 Å². The Labute approximate surface area is 361 Å². The van der Waals surface area contributed by atoms with Crippen molar-refractivity contribution in [1.29, 1.82) is 0 Å². The molecule has 2 nitrogen and oxygen atoms in total. The van der Waals surface area contributed by atoms with Gasteiger partial charge in [-0.15, -0.1) is 11.3 Å². The standard InChI is InChI=1S/C54H34N2S.2C2H6/c1-3-11-35(12-4-1)37-19-25-41(26-20-37)55(50-31-30-45-43-15-7-9-17-48(43)56-49-18-10-8-16-46(49)53(50)54(45)56)42-27-21-38(22-28-42)39-24-32-51-47(33-39)44-29-23-40(34-52(44)57-51)36-13-5-2-6-14-36;2*1-2/h1-34H;2*1-2H3. The molecule has 12 rings (SSSR count). The third-order valence-corrected chi connectivity index (χ3v) is 12.9. The summed E-state index contributed by atoms with van der Waals surface area (Å²) in [4.78, 5) is 2.44. The van der Waals surface area contributed by atoms with Crippen LogP contribution in [0.4, 0.5) is 17.1 Å². The van der Waals surface area contributed by atoms with Gasteiger partial charge in [0.25, 0.3) is 0 Å². The lowest BCUT2D eigenvalue weighted by Crippen LogP contribution is -2.10. The fraction of sp³-hybridized carbons (Fsp3) is 0.0690. The van der Waals surface area contributed by atoms with Crippen LogP contribution in [0, 0.1) is 0 Å². The molecule has 3 aromatic heterocycles. The number of benzene rings is 9. The summed E-state index contributed by atoms with van der Waals surface area (Å²) in [5, 5.41) is 7.70. The molecular weight excluding hydrogens is 757 g/mol. The molecule has 0 aliphatic heterocycles. The van der Waals surface area contributed by atoms with Gasteiger partial charge in [0.1, 0.15) is 0 Å². The van der Waals surface area contributed by atoms with E-state index in [2.05, 4.69) is 216 Å². The van der Waals surface area contributed by atoms with E-state index < -0.39 is 0 Å². The van der Waals surface area contributed by atoms with Crippen molar-refractivity contribution in [2.45, 2.75) is 27.7 Å². The fourth-order valence-electron chi connectivity index (χ4n) is 9.06. The second-order valence-corrected chi connectivity index (χ2v) is 16.0. The first-order valence-corrected chi connectivity index (χ1v) is 22.3. The molecule has 294 valence electrons. The molecule has 0 aliphatic carbocycles. The molecule has 61 heavy (non-hydrogen) atoms. The van der Waals surface area contributed by atoms with E-state index >= 15 is 0 Å². The number of para-hydroxylation sites is 2. The molecule has 3 heteroatoms. The molecule has 0 spiro atoms. The normalized spacial score (nSPS) is 11.3. The Hall–Kier alpha value is -7.20. The number of fused-ring (bicyclic) bond motifs is 9. The Kier molecular flexibility index (Phi) is 10.0. The van der Waals surface area contributed by atoms with Gasteiger partial charge in [0.2, 0.25) is 0 Å². The van der Waals surface area contributed by atoms with Gasteiger partial charge >= 0.3 is 0 Å². The number of thiophene rings is 1. The second kappa shape index (κ2) is 16.1. The summed E-state index contributed by atoms with van der Waals surface area (Å²) in [6.45, 7) is 8.00. The van der Waals surface area contributed by atoms with E-state index in [1.807, 2.05) is 39.0 Å². The zero-order chi connectivity index (χ0) is 41.5. The van der Waals surface area contributed by atoms with Crippen LogP contribution in [0.15, 0.2) is 206 Å². The molecule has 0 radical (unpaired) electrons. The number of anilines is 3. The Morgan fingerprint density at radius 2 is 0.820 bits per heavy atom. The van der Waals surface area contributed by atoms with Crippen LogP contribution < -0.4 is 4.90 Å². The van der Waals surface area contributed by atoms with Gasteiger partial charge in [-0.05, 0) is 94.0 Å². The smallest absolute Gasteiger partial charge is 0.0641 e. The monoisotopic (exact) mass is 802 g/mol. The Balaban J connectivity index is 0.00000108. The topological polar surface area (TPSA) is 7.65 Å². The molecule has 0 bridgehead atoms. The van der Waals surface area contributed by atoms with Gasteiger partial charge in [-0.3, -0.25) is 0 Å². The van der Waals surface area contributed by atoms with Crippen molar-refractivity contribution in [3.05, 3.63) is 206 Å². The van der Waals surface area contributed by atoms with Crippen molar-refractivity contribution >= 4 is 86.7 Å². The first kappa shape index (κ1) is 38.0. The molecule has 0 N–H and O–H groups in total. The molecule has 0 atom stereocenters. The lowest BCUT2D eigenvalue weighted by atomic mass is 10.00. The van der Waals surface area contributed by atoms with Crippen LogP contribution in [0.3, 0.4) is 0 Å². The highest BCUT2D eigenvalue weighted by Crippen LogP contribution is 2.48. The SMILES string of the molecule is CC.CC.c1ccc(-c2ccc(N(c3ccc(-c4ccc5sc6cc(-c7ccccc7)ccc6c5c4)cc3)c3ccc4c5ccccc5n5c6ccccc6c3c45)cc2)cc1. The van der Waals surface area contributed by atoms with Crippen LogP contribution in [0.1, 0.15) is 27.7 Å². The van der Waals surface area contributed by atoms with Crippen LogP contribution in [0.5, 0.6) is 0 Å². The Bertz CT molecular complexity index is 3430. The molecule has 0 saturated heterocycles. The molecule has 0 saturated carbocycles. The number of hydrogen-bond acceptors (Lipinski definition) is 2. The van der Waals surface area contributed by atoms with E-state index in [1.165, 1.54) is 91.6 Å². The van der Waals surface area contributed by atoms with Gasteiger partial charge < -0.3 is 9.30 Å². The van der Waals surface area contributed by atoms with Crippen LogP contribution in [0.25, 0.3) is 91.6 Å². The maximum atomic E-state index is 2.46. The largest absolute Gasteiger partial charge is 0.310 e. The maximum absolute atomic E-state index is 2.46. The molecule has 0 fully saturated rings. The average Bonchev–Trinajstić information content (AvgIpc) is 4.01. The summed E-state index contributed by atoms with van der Waals surface area (Å²) in [6, 6.07) is 75.6. The van der Waals surface area contributed by atoms with E-state index in [0.29, 0.717) is 0 Å². The van der Waals surface area contributed by atoms with Crippen LogP contribution >= 0.6 is 11.3 Å². The lowest BCUT2D eigenvalue weighted by Gasteiger charge is -2.27. The summed E-state index contributed by atoms with van der Waals surface area (Å²) < 4.78 is 5.09. The second-order valence-electron chi connectivity index (χ2n) is 14.9. The van der Waals surface area contributed by atoms with Crippen molar-refractivity contribution in [3.63, 3.8) is 0 Å². The minimum Gasteiger partial charge on any atom is -0.310 e. The van der Waals surface area contributed by atoms with Gasteiger partial charge in [0, 0.05) is 53.1 Å². The van der Waals surface area contributed by atoms with Crippen LogP contribution in [-0.4, -0.2) is 4.40 Å². The van der Waals surface area contributed by atoms with Crippen molar-refractivity contribution in [2.75, 3.05) is 4.90 Å². The minimum absolute atomic E-state index is 1.12. The zero-order valence-electron chi connectivity index (χ0n) is 34.9. The highest BCUT2D eigenvalue weighted by atomic mass is 32.1. The molecular formula is C58H46N2S. The van der Waals surface area contributed by atoms with Crippen molar-refractivity contribution in [2.24, 2.45) is 0 Å². The molecule has 9 aromatic carbocycles. The van der Waals surface area contributed by atoms with Crippen LogP contribution in [0.2, 0.25) is 0 Å². The quantitative estimate of drug-likeness (QED) is 0.162. The molecule has 12 aromatic rings. The van der Waals surface area contributed by atoms with Gasteiger partial charge in [0.15, 0.2) is 0 Å². The molecule has 0 amide bonds. The number of nitrogens with zero attached hydrogens (tertiary/aromatic N) is 2. The van der Waals surface area contributed by atoms with Crippen LogP contribution in [-0.2, 0) is 0 Å². The third-order valence-electron chi connectivity index (χ3n) is 11.7. The highest BCUT2D eigenvalue weighted by Gasteiger charge is 2.24. The Morgan fingerprint density at radius 1 is 0.344 bits per heavy atom. The third kappa shape index (κ3) is 6.41. The zero-order valence-corrected chi connectivity index (χ0v) is 35.7. The lowest BCUT2D eigenvalue weighted by molar-refractivity contribution is 1.30. The predicted octanol–water partition coefficient (Wildman–Crippen LogP) is 17.7. The number of rotatable bonds is 6. The maximum Gasteiger partial charge on any atom is 0.0641 e. The van der Waals surface area contributed by atoms with Gasteiger partial charge in [-0.25, -0.2) is 0 Å². The summed E-state index contributed by atoms with van der Waals surface area (Å²) in [5.41, 5.74) is 14.5. The Morgan fingerprint density at radius 3 is 1.48 bits per heavy atom. The first-order chi connectivity index (χ1) is 30.3. The molecule has 3 heterocycles. The average molecular weight is 803 g/mol. The highest BCUT2D eigenvalue weighted by molar-refractivity contribution is 7.25. The predicted molar refractivity (Wildman–Crippen MR) is 268 cm³/mol. The van der Waals surface area contributed by atoms with Crippen molar-refractivity contribution in [3.8, 4) is 33.4 Å². The van der Waals surface area contributed by atoms with E-state index in [9.17, 15) is 0 Å². The minimum atomic E-state index is 1.12. The first-order valence-electron chi connectivity index (χ1n) is 21.5. The van der Waals surface area contributed by atoms with Crippen molar-refractivity contribution in [1.82, 2.24) is 4.40 Å². The summed E-state index contributed by atoms with van der Waals surface area (Å²) in [6.07, 6.45) is 0. The molecule has 0 aliphatic rings. The van der Waals surface area contributed by atoms with E-state index in [-0.39, 0.29) is 0 Å². The number of hydrogen-bond donors (Lipinski definition) is 0.